The molecule has 1 aromatic carbocycles. The van der Waals surface area contributed by atoms with Gasteiger partial charge in [-0.05, 0) is 43.4 Å². The molecule has 1 fully saturated rings. The van der Waals surface area contributed by atoms with Crippen molar-refractivity contribution in [2.24, 2.45) is 17.4 Å². The minimum Gasteiger partial charge on any atom is -0.366 e. The molecule has 114 valence electrons. The minimum absolute atomic E-state index is 0.155. The Labute approximate surface area is 129 Å². The number of rotatable bonds is 5. The van der Waals surface area contributed by atoms with E-state index in [0.29, 0.717) is 18.0 Å². The van der Waals surface area contributed by atoms with Crippen molar-refractivity contribution < 1.29 is 9.59 Å². The molecule has 1 aromatic rings. The highest BCUT2D eigenvalue weighted by molar-refractivity contribution is 6.34. The molecular formula is C15H20ClN3O2. The topological polar surface area (TPSA) is 98.2 Å². The van der Waals surface area contributed by atoms with Crippen LogP contribution >= 0.6 is 11.6 Å². The van der Waals surface area contributed by atoms with E-state index in [-0.39, 0.29) is 22.5 Å². The van der Waals surface area contributed by atoms with Gasteiger partial charge in [-0.2, -0.15) is 0 Å². The molecule has 2 unspecified atom stereocenters. The third-order valence-electron chi connectivity index (χ3n) is 4.01. The molecule has 5 N–H and O–H groups in total. The lowest BCUT2D eigenvalue weighted by Gasteiger charge is -2.15. The fourth-order valence-corrected chi connectivity index (χ4v) is 2.96. The standard InChI is InChI=1S/C15H20ClN3O2/c16-12-5-4-10(8-11(12)14(18)20)15(21)19-7-6-9-2-1-3-13(9)17/h4-5,8-9,13H,1-3,6-7,17H2,(H2,18,20)(H,19,21). The van der Waals surface area contributed by atoms with Crippen LogP contribution in [-0.4, -0.2) is 24.4 Å². The molecule has 6 heteroatoms. The average molecular weight is 310 g/mol. The van der Waals surface area contributed by atoms with Gasteiger partial charge in [0.1, 0.15) is 0 Å². The van der Waals surface area contributed by atoms with E-state index in [4.69, 9.17) is 23.1 Å². The first kappa shape index (κ1) is 15.8. The van der Waals surface area contributed by atoms with Crippen LogP contribution in [0.25, 0.3) is 0 Å². The summed E-state index contributed by atoms with van der Waals surface area (Å²) < 4.78 is 0. The van der Waals surface area contributed by atoms with Gasteiger partial charge in [0, 0.05) is 18.2 Å². The Morgan fingerprint density at radius 2 is 2.10 bits per heavy atom. The summed E-state index contributed by atoms with van der Waals surface area (Å²) in [6.07, 6.45) is 4.24. The van der Waals surface area contributed by atoms with Gasteiger partial charge in [0.2, 0.25) is 5.91 Å². The van der Waals surface area contributed by atoms with E-state index in [1.54, 1.807) is 6.07 Å². The van der Waals surface area contributed by atoms with Crippen molar-refractivity contribution in [2.75, 3.05) is 6.54 Å². The molecule has 2 amide bonds. The van der Waals surface area contributed by atoms with Gasteiger partial charge in [0.25, 0.3) is 5.91 Å². The van der Waals surface area contributed by atoms with Gasteiger partial charge < -0.3 is 16.8 Å². The monoisotopic (exact) mass is 309 g/mol. The molecule has 1 aliphatic carbocycles. The molecule has 21 heavy (non-hydrogen) atoms. The van der Waals surface area contributed by atoms with Gasteiger partial charge >= 0.3 is 0 Å². The van der Waals surface area contributed by atoms with Crippen LogP contribution in [-0.2, 0) is 0 Å². The van der Waals surface area contributed by atoms with E-state index in [1.165, 1.54) is 18.6 Å². The highest BCUT2D eigenvalue weighted by atomic mass is 35.5. The Hall–Kier alpha value is -1.59. The van der Waals surface area contributed by atoms with E-state index in [0.717, 1.165) is 19.3 Å². The van der Waals surface area contributed by atoms with Crippen LogP contribution in [0.2, 0.25) is 5.02 Å². The van der Waals surface area contributed by atoms with Crippen LogP contribution < -0.4 is 16.8 Å². The second kappa shape index (κ2) is 6.91. The second-order valence-corrected chi connectivity index (χ2v) is 5.87. The van der Waals surface area contributed by atoms with Crippen LogP contribution in [0.1, 0.15) is 46.4 Å². The number of nitrogens with two attached hydrogens (primary N) is 2. The lowest BCUT2D eigenvalue weighted by molar-refractivity contribution is 0.0951. The molecule has 2 atom stereocenters. The van der Waals surface area contributed by atoms with Gasteiger partial charge in [-0.1, -0.05) is 18.0 Å². The number of amides is 2. The third-order valence-corrected chi connectivity index (χ3v) is 4.34. The van der Waals surface area contributed by atoms with E-state index in [1.807, 2.05) is 0 Å². The number of benzene rings is 1. The third kappa shape index (κ3) is 3.95. The van der Waals surface area contributed by atoms with E-state index in [2.05, 4.69) is 5.32 Å². The molecular weight excluding hydrogens is 290 g/mol. The van der Waals surface area contributed by atoms with Gasteiger partial charge in [-0.25, -0.2) is 0 Å². The average Bonchev–Trinajstić information content (AvgIpc) is 2.84. The van der Waals surface area contributed by atoms with Crippen LogP contribution in [0.5, 0.6) is 0 Å². The lowest BCUT2D eigenvalue weighted by atomic mass is 10.0. The van der Waals surface area contributed by atoms with Crippen molar-refractivity contribution in [1.82, 2.24) is 5.32 Å². The zero-order valence-electron chi connectivity index (χ0n) is 11.8. The van der Waals surface area contributed by atoms with Crippen molar-refractivity contribution in [2.45, 2.75) is 31.7 Å². The predicted molar refractivity (Wildman–Crippen MR) is 82.2 cm³/mol. The predicted octanol–water partition coefficient (Wildman–Crippen LogP) is 1.69. The summed E-state index contributed by atoms with van der Waals surface area (Å²) in [5, 5.41) is 3.09. The molecule has 0 aromatic heterocycles. The molecule has 0 bridgehead atoms. The van der Waals surface area contributed by atoms with Gasteiger partial charge in [0.05, 0.1) is 10.6 Å². The van der Waals surface area contributed by atoms with Gasteiger partial charge in [-0.3, -0.25) is 9.59 Å². The summed E-state index contributed by atoms with van der Waals surface area (Å²) >= 11 is 5.86. The first-order valence-electron chi connectivity index (χ1n) is 7.12. The molecule has 0 heterocycles. The largest absolute Gasteiger partial charge is 0.366 e. The molecule has 0 spiro atoms. The lowest BCUT2D eigenvalue weighted by Crippen LogP contribution is -2.30. The van der Waals surface area contributed by atoms with Crippen molar-refractivity contribution in [3.05, 3.63) is 34.3 Å². The summed E-state index contributed by atoms with van der Waals surface area (Å²) in [4.78, 5) is 23.3. The SMILES string of the molecule is NC(=O)c1cc(C(=O)NCCC2CCCC2N)ccc1Cl. The molecule has 5 nitrogen and oxygen atoms in total. The molecule has 1 aliphatic rings. The quantitative estimate of drug-likeness (QED) is 0.772. The van der Waals surface area contributed by atoms with Crippen LogP contribution in [0, 0.1) is 5.92 Å². The minimum atomic E-state index is -0.647. The number of carbonyl (C=O) groups is 2. The molecule has 2 rings (SSSR count). The Kier molecular flexibility index (Phi) is 5.20. The Balaban J connectivity index is 1.91. The van der Waals surface area contributed by atoms with Crippen molar-refractivity contribution in [3.63, 3.8) is 0 Å². The Morgan fingerprint density at radius 1 is 1.33 bits per heavy atom. The van der Waals surface area contributed by atoms with Gasteiger partial charge in [0.15, 0.2) is 0 Å². The first-order valence-corrected chi connectivity index (χ1v) is 7.50. The summed E-state index contributed by atoms with van der Waals surface area (Å²) in [6.45, 7) is 0.575. The summed E-state index contributed by atoms with van der Waals surface area (Å²) in [5.74, 6) is -0.399. The fourth-order valence-electron chi connectivity index (χ4n) is 2.75. The van der Waals surface area contributed by atoms with Crippen molar-refractivity contribution >= 4 is 23.4 Å². The van der Waals surface area contributed by atoms with E-state index >= 15 is 0 Å². The highest BCUT2D eigenvalue weighted by Crippen LogP contribution is 2.26. The number of nitrogens with one attached hydrogen (secondary N) is 1. The maximum Gasteiger partial charge on any atom is 0.251 e. The molecule has 0 radical (unpaired) electrons. The van der Waals surface area contributed by atoms with Crippen molar-refractivity contribution in [1.29, 1.82) is 0 Å². The van der Waals surface area contributed by atoms with E-state index < -0.39 is 5.91 Å². The van der Waals surface area contributed by atoms with Crippen LogP contribution in [0.4, 0.5) is 0 Å². The normalized spacial score (nSPS) is 21.2. The zero-order valence-corrected chi connectivity index (χ0v) is 12.5. The number of hydrogen-bond acceptors (Lipinski definition) is 3. The Bertz CT molecular complexity index is 548. The van der Waals surface area contributed by atoms with E-state index in [9.17, 15) is 9.59 Å². The summed E-state index contributed by atoms with van der Waals surface area (Å²) in [5.41, 5.74) is 11.7. The van der Waals surface area contributed by atoms with Crippen LogP contribution in [0.15, 0.2) is 18.2 Å². The first-order chi connectivity index (χ1) is 9.99. The fraction of sp³-hybridized carbons (Fsp3) is 0.467. The highest BCUT2D eigenvalue weighted by Gasteiger charge is 2.23. The maximum atomic E-state index is 12.0. The van der Waals surface area contributed by atoms with Gasteiger partial charge in [-0.15, -0.1) is 0 Å². The number of carbonyl (C=O) groups excluding carboxylic acids is 2. The summed E-state index contributed by atoms with van der Waals surface area (Å²) in [6, 6.07) is 4.75. The number of halogens is 1. The summed E-state index contributed by atoms with van der Waals surface area (Å²) in [7, 11) is 0. The maximum absolute atomic E-state index is 12.0. The second-order valence-electron chi connectivity index (χ2n) is 5.46. The molecule has 0 saturated heterocycles. The molecule has 0 aliphatic heterocycles. The number of hydrogen-bond donors (Lipinski definition) is 3. The Morgan fingerprint density at radius 3 is 2.71 bits per heavy atom. The molecule has 1 saturated carbocycles. The smallest absolute Gasteiger partial charge is 0.251 e. The van der Waals surface area contributed by atoms with Crippen molar-refractivity contribution in [3.8, 4) is 0 Å². The number of primary amides is 1. The van der Waals surface area contributed by atoms with Crippen LogP contribution in [0.3, 0.4) is 0 Å². The zero-order chi connectivity index (χ0) is 15.4.